The molecule has 1 aliphatic rings. The van der Waals surface area contributed by atoms with Crippen molar-refractivity contribution >= 4 is 42.9 Å². The number of benzene rings is 1. The molecule has 126 valence electrons. The minimum absolute atomic E-state index is 0.0838. The highest BCUT2D eigenvalue weighted by molar-refractivity contribution is 6.42. The van der Waals surface area contributed by atoms with E-state index in [1.165, 1.54) is 4.90 Å². The molecule has 24 heavy (non-hydrogen) atoms. The Balaban J connectivity index is 1.81. The van der Waals surface area contributed by atoms with E-state index in [0.717, 1.165) is 12.0 Å². The molecule has 8 heteroatoms. The van der Waals surface area contributed by atoms with E-state index in [1.807, 2.05) is 6.07 Å². The second-order valence-corrected chi connectivity index (χ2v) is 6.26. The SMILES string of the molecule is [B]CCN1CC(C(=O)NCCCc2ccc(Cl)c(Cl)c2)=C(O)C1=O. The van der Waals surface area contributed by atoms with Crippen LogP contribution in [0.5, 0.6) is 0 Å². The van der Waals surface area contributed by atoms with Gasteiger partial charge >= 0.3 is 0 Å². The zero-order valence-electron chi connectivity index (χ0n) is 13.0. The summed E-state index contributed by atoms with van der Waals surface area (Å²) in [4.78, 5) is 25.2. The molecule has 2 amide bonds. The Morgan fingerprint density at radius 1 is 1.33 bits per heavy atom. The number of carbonyl (C=O) groups excluding carboxylic acids is 2. The predicted molar refractivity (Wildman–Crippen MR) is 94.6 cm³/mol. The lowest BCUT2D eigenvalue weighted by Crippen LogP contribution is -2.31. The summed E-state index contributed by atoms with van der Waals surface area (Å²) in [6.45, 7) is 0.804. The minimum atomic E-state index is -0.554. The maximum atomic E-state index is 12.1. The van der Waals surface area contributed by atoms with E-state index in [1.54, 1.807) is 12.1 Å². The zero-order chi connectivity index (χ0) is 17.7. The van der Waals surface area contributed by atoms with Crippen LogP contribution in [0.2, 0.25) is 16.4 Å². The van der Waals surface area contributed by atoms with Gasteiger partial charge in [0.1, 0.15) is 0 Å². The van der Waals surface area contributed by atoms with Crippen LogP contribution in [0.1, 0.15) is 12.0 Å². The van der Waals surface area contributed by atoms with Crippen molar-refractivity contribution in [1.82, 2.24) is 10.2 Å². The van der Waals surface area contributed by atoms with Gasteiger partial charge in [-0.1, -0.05) is 35.6 Å². The van der Waals surface area contributed by atoms with Crippen LogP contribution in [0.4, 0.5) is 0 Å². The third-order valence-electron chi connectivity index (χ3n) is 3.71. The van der Waals surface area contributed by atoms with E-state index in [4.69, 9.17) is 31.0 Å². The van der Waals surface area contributed by atoms with Crippen molar-refractivity contribution < 1.29 is 14.7 Å². The third kappa shape index (κ3) is 4.45. The van der Waals surface area contributed by atoms with Crippen LogP contribution in [0.25, 0.3) is 0 Å². The van der Waals surface area contributed by atoms with Gasteiger partial charge in [0.05, 0.1) is 30.0 Å². The highest BCUT2D eigenvalue weighted by atomic mass is 35.5. The van der Waals surface area contributed by atoms with Crippen molar-refractivity contribution in [3.05, 3.63) is 45.1 Å². The Bertz CT molecular complexity index is 679. The number of halogens is 2. The summed E-state index contributed by atoms with van der Waals surface area (Å²) in [7, 11) is 5.40. The summed E-state index contributed by atoms with van der Waals surface area (Å²) >= 11 is 11.8. The molecule has 0 saturated carbocycles. The lowest BCUT2D eigenvalue weighted by molar-refractivity contribution is -0.127. The van der Waals surface area contributed by atoms with Crippen LogP contribution >= 0.6 is 23.2 Å². The number of rotatable bonds is 7. The fourth-order valence-electron chi connectivity index (χ4n) is 2.43. The molecular weight excluding hydrogens is 350 g/mol. The number of carbonyl (C=O) groups is 2. The molecule has 1 heterocycles. The number of nitrogens with zero attached hydrogens (tertiary/aromatic N) is 1. The fraction of sp³-hybridized carbons (Fsp3) is 0.375. The smallest absolute Gasteiger partial charge is 0.289 e. The van der Waals surface area contributed by atoms with Gasteiger partial charge in [0.15, 0.2) is 5.76 Å². The number of hydrogen-bond donors (Lipinski definition) is 2. The van der Waals surface area contributed by atoms with Gasteiger partial charge in [0, 0.05) is 13.1 Å². The molecule has 0 bridgehead atoms. The van der Waals surface area contributed by atoms with Gasteiger partial charge in [-0.3, -0.25) is 9.59 Å². The van der Waals surface area contributed by atoms with Crippen LogP contribution in [-0.2, 0) is 16.0 Å². The van der Waals surface area contributed by atoms with Crippen molar-refractivity contribution in [1.29, 1.82) is 0 Å². The zero-order valence-corrected chi connectivity index (χ0v) is 14.5. The Kier molecular flexibility index (Phi) is 6.57. The maximum absolute atomic E-state index is 12.1. The second kappa shape index (κ2) is 8.44. The number of aliphatic hydroxyl groups is 1. The number of amides is 2. The maximum Gasteiger partial charge on any atom is 0.289 e. The van der Waals surface area contributed by atoms with Crippen molar-refractivity contribution in [2.45, 2.75) is 19.2 Å². The third-order valence-corrected chi connectivity index (χ3v) is 4.45. The second-order valence-electron chi connectivity index (χ2n) is 5.45. The summed E-state index contributed by atoms with van der Waals surface area (Å²) in [5.74, 6) is -1.48. The van der Waals surface area contributed by atoms with Gasteiger partial charge in [-0.05, 0) is 30.5 Å². The van der Waals surface area contributed by atoms with E-state index in [2.05, 4.69) is 5.32 Å². The molecule has 2 radical (unpaired) electrons. The summed E-state index contributed by atoms with van der Waals surface area (Å²) < 4.78 is 0. The average molecular weight is 367 g/mol. The predicted octanol–water partition coefficient (Wildman–Crippen LogP) is 2.28. The van der Waals surface area contributed by atoms with E-state index in [0.29, 0.717) is 29.6 Å². The Morgan fingerprint density at radius 2 is 2.08 bits per heavy atom. The summed E-state index contributed by atoms with van der Waals surface area (Å²) in [6, 6.07) is 5.40. The number of aryl methyl sites for hydroxylation is 1. The monoisotopic (exact) mass is 366 g/mol. The van der Waals surface area contributed by atoms with E-state index in [9.17, 15) is 14.7 Å². The number of nitrogens with one attached hydrogen (secondary N) is 1. The molecule has 0 aromatic heterocycles. The van der Waals surface area contributed by atoms with Crippen LogP contribution in [-0.4, -0.2) is 49.3 Å². The molecule has 0 saturated heterocycles. The van der Waals surface area contributed by atoms with Gasteiger partial charge in [0.2, 0.25) is 0 Å². The Morgan fingerprint density at radius 3 is 2.75 bits per heavy atom. The molecule has 2 N–H and O–H groups in total. The molecule has 0 spiro atoms. The topological polar surface area (TPSA) is 69.6 Å². The van der Waals surface area contributed by atoms with E-state index < -0.39 is 17.6 Å². The summed E-state index contributed by atoms with van der Waals surface area (Å²) in [5, 5.41) is 13.5. The molecule has 1 aliphatic heterocycles. The number of aliphatic hydroxyl groups excluding tert-OH is 1. The van der Waals surface area contributed by atoms with Gasteiger partial charge < -0.3 is 15.3 Å². The molecule has 0 atom stereocenters. The Labute approximate surface area is 152 Å². The minimum Gasteiger partial charge on any atom is -0.503 e. The Hall–Kier alpha value is -1.66. The van der Waals surface area contributed by atoms with Crippen molar-refractivity contribution in [2.75, 3.05) is 19.6 Å². The first-order valence-electron chi connectivity index (χ1n) is 7.57. The first kappa shape index (κ1) is 18.7. The highest BCUT2D eigenvalue weighted by Gasteiger charge is 2.32. The molecule has 1 aromatic carbocycles. The fourth-order valence-corrected chi connectivity index (χ4v) is 2.75. The van der Waals surface area contributed by atoms with Gasteiger partial charge in [-0.25, -0.2) is 0 Å². The summed E-state index contributed by atoms with van der Waals surface area (Å²) in [6.07, 6.45) is 1.69. The standard InChI is InChI=1S/C16H17BCl2N2O3/c17-5-7-21-9-11(14(22)16(21)24)15(23)20-6-1-2-10-3-4-12(18)13(19)8-10/h3-4,8,22H,1-2,5-7,9H2,(H,20,23). The lowest BCUT2D eigenvalue weighted by Gasteiger charge is -2.14. The first-order valence-corrected chi connectivity index (χ1v) is 8.33. The van der Waals surface area contributed by atoms with Crippen LogP contribution in [0.3, 0.4) is 0 Å². The van der Waals surface area contributed by atoms with Crippen LogP contribution in [0, 0.1) is 0 Å². The number of hydrogen-bond acceptors (Lipinski definition) is 3. The first-order chi connectivity index (χ1) is 11.4. The summed E-state index contributed by atoms with van der Waals surface area (Å²) in [5.41, 5.74) is 1.11. The van der Waals surface area contributed by atoms with Gasteiger partial charge in [-0.2, -0.15) is 0 Å². The van der Waals surface area contributed by atoms with Crippen molar-refractivity contribution in [3.8, 4) is 0 Å². The van der Waals surface area contributed by atoms with E-state index in [-0.39, 0.29) is 18.4 Å². The van der Waals surface area contributed by atoms with Crippen molar-refractivity contribution in [3.63, 3.8) is 0 Å². The molecule has 0 fully saturated rings. The van der Waals surface area contributed by atoms with Crippen molar-refractivity contribution in [2.24, 2.45) is 0 Å². The average Bonchev–Trinajstić information content (AvgIpc) is 2.83. The normalized spacial score (nSPS) is 14.4. The molecule has 0 unspecified atom stereocenters. The van der Waals surface area contributed by atoms with E-state index >= 15 is 0 Å². The molecular formula is C16H17BCl2N2O3. The molecule has 1 aromatic rings. The van der Waals surface area contributed by atoms with Gasteiger partial charge in [0.25, 0.3) is 11.8 Å². The highest BCUT2D eigenvalue weighted by Crippen LogP contribution is 2.23. The quantitative estimate of drug-likeness (QED) is 0.574. The molecule has 2 rings (SSSR count). The molecule has 0 aliphatic carbocycles. The van der Waals surface area contributed by atoms with Gasteiger partial charge in [-0.15, -0.1) is 0 Å². The lowest BCUT2D eigenvalue weighted by atomic mass is 10.1. The van der Waals surface area contributed by atoms with Crippen LogP contribution < -0.4 is 5.32 Å². The largest absolute Gasteiger partial charge is 0.503 e. The van der Waals surface area contributed by atoms with Crippen LogP contribution in [0.15, 0.2) is 29.5 Å². The molecule has 5 nitrogen and oxygen atoms in total.